The molecule has 3 unspecified atom stereocenters. The average Bonchev–Trinajstić information content (AvgIpc) is 2.65. The summed E-state index contributed by atoms with van der Waals surface area (Å²) in [5, 5.41) is 0. The number of hydrogen-bond donors (Lipinski definition) is 0. The van der Waals surface area contributed by atoms with Crippen molar-refractivity contribution in [1.82, 2.24) is 0 Å². The van der Waals surface area contributed by atoms with Crippen molar-refractivity contribution in [3.05, 3.63) is 0 Å². The van der Waals surface area contributed by atoms with Gasteiger partial charge < -0.3 is 9.47 Å². The Bertz CT molecular complexity index is 534. The summed E-state index contributed by atoms with van der Waals surface area (Å²) in [7, 11) is 0. The van der Waals surface area contributed by atoms with E-state index in [4.69, 9.17) is 9.47 Å². The maximum Gasteiger partial charge on any atom is 0.312 e. The largest absolute Gasteiger partial charge is 0.465 e. The number of esters is 2. The molecule has 1 fully saturated rings. The van der Waals surface area contributed by atoms with E-state index in [-0.39, 0.29) is 23.3 Å². The molecular weight excluding hydrogens is 388 g/mol. The van der Waals surface area contributed by atoms with Crippen molar-refractivity contribution in [3.63, 3.8) is 0 Å². The molecule has 1 aliphatic carbocycles. The fourth-order valence-corrected chi connectivity index (χ4v) is 4.90. The number of ether oxygens (including phenoxy) is 2. The first-order chi connectivity index (χ1) is 14.5. The molecule has 1 aliphatic rings. The van der Waals surface area contributed by atoms with Crippen LogP contribution in [0.3, 0.4) is 0 Å². The van der Waals surface area contributed by atoms with E-state index in [1.54, 1.807) is 0 Å². The first-order valence-electron chi connectivity index (χ1n) is 12.8. The van der Waals surface area contributed by atoms with Gasteiger partial charge in [-0.25, -0.2) is 0 Å². The van der Waals surface area contributed by atoms with E-state index in [2.05, 4.69) is 41.5 Å². The van der Waals surface area contributed by atoms with Crippen molar-refractivity contribution in [2.45, 2.75) is 119 Å². The van der Waals surface area contributed by atoms with Crippen LogP contribution >= 0.6 is 0 Å². The Morgan fingerprint density at radius 1 is 0.935 bits per heavy atom. The lowest BCUT2D eigenvalue weighted by Gasteiger charge is -2.37. The molecule has 4 heteroatoms. The monoisotopic (exact) mass is 438 g/mol. The zero-order valence-corrected chi connectivity index (χ0v) is 21.6. The Hall–Kier alpha value is -1.06. The molecule has 0 saturated heterocycles. The summed E-state index contributed by atoms with van der Waals surface area (Å²) in [4.78, 5) is 25.8. The molecule has 1 rings (SSSR count). The summed E-state index contributed by atoms with van der Waals surface area (Å²) < 4.78 is 11.3. The van der Waals surface area contributed by atoms with Crippen LogP contribution in [0, 0.1) is 28.6 Å². The van der Waals surface area contributed by atoms with Gasteiger partial charge in [-0.05, 0) is 56.3 Å². The number of carbonyl (C=O) groups is 2. The second kappa shape index (κ2) is 13.5. The highest BCUT2D eigenvalue weighted by Crippen LogP contribution is 2.43. The van der Waals surface area contributed by atoms with Gasteiger partial charge in [0.2, 0.25) is 0 Å². The van der Waals surface area contributed by atoms with E-state index in [1.807, 2.05) is 6.92 Å². The molecule has 31 heavy (non-hydrogen) atoms. The van der Waals surface area contributed by atoms with E-state index in [0.29, 0.717) is 25.6 Å². The predicted molar refractivity (Wildman–Crippen MR) is 128 cm³/mol. The van der Waals surface area contributed by atoms with Crippen LogP contribution in [0.1, 0.15) is 119 Å². The van der Waals surface area contributed by atoms with E-state index in [9.17, 15) is 9.59 Å². The zero-order valence-electron chi connectivity index (χ0n) is 21.6. The molecule has 0 heterocycles. The Balaban J connectivity index is 2.44. The Labute approximate surface area is 192 Å². The van der Waals surface area contributed by atoms with Crippen LogP contribution in [0.25, 0.3) is 0 Å². The lowest BCUT2D eigenvalue weighted by molar-refractivity contribution is -0.172. The minimum atomic E-state index is -0.746. The van der Waals surface area contributed by atoms with Gasteiger partial charge in [0.15, 0.2) is 0 Å². The highest BCUT2D eigenvalue weighted by atomic mass is 16.5. The molecule has 1 saturated carbocycles. The first-order valence-corrected chi connectivity index (χ1v) is 12.8. The molecule has 0 aromatic heterocycles. The highest BCUT2D eigenvalue weighted by Gasteiger charge is 2.48. The molecule has 182 valence electrons. The minimum Gasteiger partial charge on any atom is -0.465 e. The molecule has 0 aromatic carbocycles. The zero-order chi connectivity index (χ0) is 23.5. The Morgan fingerprint density at radius 2 is 1.61 bits per heavy atom. The predicted octanol–water partition coefficient (Wildman–Crippen LogP) is 7.34. The lowest BCUT2D eigenvalue weighted by Crippen LogP contribution is -2.44. The highest BCUT2D eigenvalue weighted by molar-refractivity contribution is 5.85. The second-order valence-electron chi connectivity index (χ2n) is 11.8. The summed E-state index contributed by atoms with van der Waals surface area (Å²) in [5.74, 6) is 0.462. The average molecular weight is 439 g/mol. The fraction of sp³-hybridized carbons (Fsp3) is 0.926. The second-order valence-corrected chi connectivity index (χ2v) is 11.8. The maximum absolute atomic E-state index is 12.9. The van der Waals surface area contributed by atoms with Gasteiger partial charge in [0.05, 0.1) is 24.5 Å². The first kappa shape index (κ1) is 28.0. The van der Waals surface area contributed by atoms with Gasteiger partial charge in [-0.15, -0.1) is 0 Å². The summed E-state index contributed by atoms with van der Waals surface area (Å²) in [6, 6.07) is 0. The van der Waals surface area contributed by atoms with Crippen LogP contribution in [0.5, 0.6) is 0 Å². The van der Waals surface area contributed by atoms with Crippen LogP contribution < -0.4 is 0 Å². The van der Waals surface area contributed by atoms with Crippen molar-refractivity contribution in [2.75, 3.05) is 13.2 Å². The smallest absolute Gasteiger partial charge is 0.312 e. The molecule has 0 bridgehead atoms. The van der Waals surface area contributed by atoms with Crippen molar-refractivity contribution >= 4 is 11.9 Å². The number of carbonyl (C=O) groups excluding carboxylic acids is 2. The summed E-state index contributed by atoms with van der Waals surface area (Å²) in [6.45, 7) is 16.2. The van der Waals surface area contributed by atoms with Gasteiger partial charge in [0, 0.05) is 0 Å². The Morgan fingerprint density at radius 3 is 2.26 bits per heavy atom. The molecule has 0 aromatic rings. The van der Waals surface area contributed by atoms with Gasteiger partial charge in [0.25, 0.3) is 0 Å². The van der Waals surface area contributed by atoms with Crippen molar-refractivity contribution in [2.24, 2.45) is 28.6 Å². The quantitative estimate of drug-likeness (QED) is 0.223. The van der Waals surface area contributed by atoms with E-state index < -0.39 is 5.41 Å². The van der Waals surface area contributed by atoms with Crippen LogP contribution in [0.15, 0.2) is 0 Å². The van der Waals surface area contributed by atoms with E-state index in [0.717, 1.165) is 50.9 Å². The molecule has 0 amide bonds. The van der Waals surface area contributed by atoms with Crippen LogP contribution in [0.4, 0.5) is 0 Å². The van der Waals surface area contributed by atoms with Crippen LogP contribution in [0.2, 0.25) is 0 Å². The third-order valence-corrected chi connectivity index (χ3v) is 6.68. The lowest BCUT2D eigenvalue weighted by atomic mass is 9.67. The third kappa shape index (κ3) is 10.9. The third-order valence-electron chi connectivity index (χ3n) is 6.68. The number of unbranched alkanes of at least 4 members (excludes halogenated alkanes) is 3. The van der Waals surface area contributed by atoms with Crippen molar-refractivity contribution in [1.29, 1.82) is 0 Å². The van der Waals surface area contributed by atoms with Gasteiger partial charge in [-0.2, -0.15) is 0 Å². The van der Waals surface area contributed by atoms with Gasteiger partial charge >= 0.3 is 11.9 Å². The van der Waals surface area contributed by atoms with Gasteiger partial charge in [-0.1, -0.05) is 80.1 Å². The fourth-order valence-electron chi connectivity index (χ4n) is 4.90. The van der Waals surface area contributed by atoms with Crippen molar-refractivity contribution < 1.29 is 19.1 Å². The molecule has 0 aliphatic heterocycles. The van der Waals surface area contributed by atoms with Crippen LogP contribution in [-0.4, -0.2) is 25.2 Å². The van der Waals surface area contributed by atoms with E-state index in [1.165, 1.54) is 19.3 Å². The molecular formula is C27H50O4. The van der Waals surface area contributed by atoms with Crippen molar-refractivity contribution in [3.8, 4) is 0 Å². The summed E-state index contributed by atoms with van der Waals surface area (Å²) in [6.07, 6.45) is 11.0. The van der Waals surface area contributed by atoms with E-state index >= 15 is 0 Å². The van der Waals surface area contributed by atoms with Gasteiger partial charge in [-0.3, -0.25) is 9.59 Å². The molecule has 3 atom stereocenters. The summed E-state index contributed by atoms with van der Waals surface area (Å²) >= 11 is 0. The molecule has 0 N–H and O–H groups in total. The Kier molecular flexibility index (Phi) is 12.2. The maximum atomic E-state index is 12.9. The molecule has 4 nitrogen and oxygen atoms in total. The summed E-state index contributed by atoms with van der Waals surface area (Å²) in [5.41, 5.74) is -0.465. The standard InChI is InChI=1S/C27H50O4/c1-21(2)14-10-8-9-13-18-31-25(29)27(7)17-12-11-15-23(27)24(28)30-19-16-22(3)20-26(4,5)6/h21-23H,8-20H2,1-7H3. The van der Waals surface area contributed by atoms with Gasteiger partial charge in [0.1, 0.15) is 0 Å². The molecule has 0 spiro atoms. The molecule has 0 radical (unpaired) electrons. The normalized spacial score (nSPS) is 22.9. The number of hydrogen-bond acceptors (Lipinski definition) is 4. The SMILES string of the molecule is CC(C)CCCCCCOC(=O)C1(C)CCCCC1C(=O)OCCC(C)CC(C)(C)C. The topological polar surface area (TPSA) is 52.6 Å². The van der Waals surface area contributed by atoms with Crippen LogP contribution in [-0.2, 0) is 19.1 Å². The minimum absolute atomic E-state index is 0.211. The number of rotatable bonds is 13.